The van der Waals surface area contributed by atoms with E-state index in [1.54, 1.807) is 0 Å². The first-order chi connectivity index (χ1) is 7.11. The Morgan fingerprint density at radius 2 is 2.07 bits per heavy atom. The monoisotopic (exact) mass is 219 g/mol. The molecule has 0 fully saturated rings. The lowest BCUT2D eigenvalue weighted by Crippen LogP contribution is -2.06. The van der Waals surface area contributed by atoms with Crippen LogP contribution in [0.1, 0.15) is 18.2 Å². The summed E-state index contributed by atoms with van der Waals surface area (Å²) in [5.41, 5.74) is 5.17. The Balaban J connectivity index is 3.12. The van der Waals surface area contributed by atoms with Crippen LogP contribution in [0.3, 0.4) is 0 Å². The van der Waals surface area contributed by atoms with Crippen molar-refractivity contribution in [1.29, 1.82) is 0 Å². The summed E-state index contributed by atoms with van der Waals surface area (Å²) in [6, 6.07) is 2.04. The molecular weight excluding hydrogens is 207 g/mol. The second-order valence-electron chi connectivity index (χ2n) is 3.03. The maximum absolute atomic E-state index is 13.4. The largest absolute Gasteiger partial charge is 0.493 e. The van der Waals surface area contributed by atoms with E-state index in [9.17, 15) is 13.2 Å². The van der Waals surface area contributed by atoms with Gasteiger partial charge in [-0.25, -0.2) is 8.78 Å². The van der Waals surface area contributed by atoms with Gasteiger partial charge in [0, 0.05) is 5.56 Å². The Kier molecular flexibility index (Phi) is 3.96. The maximum Gasteiger partial charge on any atom is 0.200 e. The first-order valence-electron chi connectivity index (χ1n) is 4.47. The highest BCUT2D eigenvalue weighted by Crippen LogP contribution is 2.33. The number of rotatable bonds is 4. The van der Waals surface area contributed by atoms with Gasteiger partial charge in [0.25, 0.3) is 0 Å². The molecule has 0 radical (unpaired) electrons. The number of benzene rings is 1. The molecule has 1 unspecified atom stereocenters. The van der Waals surface area contributed by atoms with Crippen LogP contribution in [0.5, 0.6) is 5.75 Å². The first kappa shape index (κ1) is 11.8. The smallest absolute Gasteiger partial charge is 0.200 e. The van der Waals surface area contributed by atoms with Gasteiger partial charge in [-0.1, -0.05) is 0 Å². The van der Waals surface area contributed by atoms with Gasteiger partial charge < -0.3 is 10.5 Å². The van der Waals surface area contributed by atoms with Crippen molar-refractivity contribution < 1.29 is 17.9 Å². The van der Waals surface area contributed by atoms with Crippen LogP contribution >= 0.6 is 0 Å². The van der Waals surface area contributed by atoms with E-state index in [2.05, 4.69) is 4.74 Å². The standard InChI is InChI=1S/C10H12F3NO/c1-15-10-6(7(11)4-5-14)2-3-8(12)9(10)13/h2-3,7H,4-5,14H2,1H3. The van der Waals surface area contributed by atoms with Crippen LogP contribution in [-0.2, 0) is 0 Å². The van der Waals surface area contributed by atoms with Gasteiger partial charge in [0.2, 0.25) is 5.82 Å². The number of ether oxygens (including phenoxy) is 1. The Labute approximate surface area is 85.8 Å². The van der Waals surface area contributed by atoms with Crippen molar-refractivity contribution in [1.82, 2.24) is 0 Å². The molecule has 84 valence electrons. The summed E-state index contributed by atoms with van der Waals surface area (Å²) in [6.45, 7) is 0.128. The van der Waals surface area contributed by atoms with Crippen molar-refractivity contribution in [2.24, 2.45) is 5.73 Å². The third-order valence-corrected chi connectivity index (χ3v) is 2.04. The lowest BCUT2D eigenvalue weighted by atomic mass is 10.1. The third kappa shape index (κ3) is 2.41. The van der Waals surface area contributed by atoms with Crippen molar-refractivity contribution in [3.05, 3.63) is 29.3 Å². The Hall–Kier alpha value is -1.23. The van der Waals surface area contributed by atoms with Crippen LogP contribution in [0, 0.1) is 11.6 Å². The number of alkyl halides is 1. The molecule has 1 atom stereocenters. The van der Waals surface area contributed by atoms with Crippen LogP contribution in [-0.4, -0.2) is 13.7 Å². The number of methoxy groups -OCH3 is 1. The highest BCUT2D eigenvalue weighted by Gasteiger charge is 2.20. The van der Waals surface area contributed by atoms with E-state index in [4.69, 9.17) is 5.73 Å². The number of hydrogen-bond donors (Lipinski definition) is 1. The summed E-state index contributed by atoms with van der Waals surface area (Å²) in [5, 5.41) is 0. The van der Waals surface area contributed by atoms with Crippen molar-refractivity contribution in [3.63, 3.8) is 0 Å². The molecule has 0 amide bonds. The Morgan fingerprint density at radius 3 is 2.60 bits per heavy atom. The molecule has 2 N–H and O–H groups in total. The van der Waals surface area contributed by atoms with Gasteiger partial charge >= 0.3 is 0 Å². The van der Waals surface area contributed by atoms with Crippen LogP contribution < -0.4 is 10.5 Å². The maximum atomic E-state index is 13.4. The zero-order valence-electron chi connectivity index (χ0n) is 8.27. The average molecular weight is 219 g/mol. The third-order valence-electron chi connectivity index (χ3n) is 2.04. The highest BCUT2D eigenvalue weighted by molar-refractivity contribution is 5.37. The van der Waals surface area contributed by atoms with Crippen molar-refractivity contribution in [3.8, 4) is 5.75 Å². The summed E-state index contributed by atoms with van der Waals surface area (Å²) in [5.74, 6) is -2.62. The number of halogens is 3. The lowest BCUT2D eigenvalue weighted by Gasteiger charge is -2.12. The number of nitrogens with two attached hydrogens (primary N) is 1. The SMILES string of the molecule is COc1c(C(F)CCN)ccc(F)c1F. The van der Waals surface area contributed by atoms with Gasteiger partial charge in [0.1, 0.15) is 6.17 Å². The first-order valence-corrected chi connectivity index (χ1v) is 4.47. The normalized spacial score (nSPS) is 12.6. The topological polar surface area (TPSA) is 35.2 Å². The molecule has 0 heterocycles. The molecule has 5 heteroatoms. The fourth-order valence-corrected chi connectivity index (χ4v) is 1.30. The van der Waals surface area contributed by atoms with Gasteiger partial charge in [-0.15, -0.1) is 0 Å². The van der Waals surface area contributed by atoms with Crippen molar-refractivity contribution in [2.45, 2.75) is 12.6 Å². The fourth-order valence-electron chi connectivity index (χ4n) is 1.30. The van der Waals surface area contributed by atoms with Gasteiger partial charge in [-0.2, -0.15) is 4.39 Å². The molecule has 0 aliphatic carbocycles. The van der Waals surface area contributed by atoms with E-state index >= 15 is 0 Å². The molecule has 0 saturated heterocycles. The number of hydrogen-bond acceptors (Lipinski definition) is 2. The quantitative estimate of drug-likeness (QED) is 0.843. The van der Waals surface area contributed by atoms with E-state index in [-0.39, 0.29) is 18.5 Å². The van der Waals surface area contributed by atoms with E-state index in [1.807, 2.05) is 0 Å². The van der Waals surface area contributed by atoms with Crippen LogP contribution in [0.25, 0.3) is 0 Å². The molecule has 1 rings (SSSR count). The predicted molar refractivity (Wildman–Crippen MR) is 50.4 cm³/mol. The van der Waals surface area contributed by atoms with Crippen LogP contribution in [0.15, 0.2) is 12.1 Å². The molecule has 1 aromatic carbocycles. The zero-order valence-corrected chi connectivity index (χ0v) is 8.27. The molecule has 0 saturated carbocycles. The minimum absolute atomic E-state index is 0.0122. The molecule has 0 aromatic heterocycles. The highest BCUT2D eigenvalue weighted by atomic mass is 19.2. The summed E-state index contributed by atoms with van der Waals surface area (Å²) in [4.78, 5) is 0. The molecule has 15 heavy (non-hydrogen) atoms. The molecule has 0 spiro atoms. The van der Waals surface area contributed by atoms with Crippen molar-refractivity contribution in [2.75, 3.05) is 13.7 Å². The van der Waals surface area contributed by atoms with Gasteiger partial charge in [-0.05, 0) is 25.1 Å². The Bertz CT molecular complexity index is 344. The van der Waals surface area contributed by atoms with Gasteiger partial charge in [0.05, 0.1) is 7.11 Å². The van der Waals surface area contributed by atoms with Crippen LogP contribution in [0.4, 0.5) is 13.2 Å². The molecule has 1 aromatic rings. The summed E-state index contributed by atoms with van der Waals surface area (Å²) in [7, 11) is 1.16. The molecular formula is C10H12F3NO. The van der Waals surface area contributed by atoms with Crippen molar-refractivity contribution >= 4 is 0 Å². The van der Waals surface area contributed by atoms with Gasteiger partial charge in [0.15, 0.2) is 11.6 Å². The average Bonchev–Trinajstić information content (AvgIpc) is 2.22. The van der Waals surface area contributed by atoms with E-state index in [1.165, 1.54) is 0 Å². The zero-order chi connectivity index (χ0) is 11.4. The van der Waals surface area contributed by atoms with E-state index in [0.29, 0.717) is 0 Å². The second kappa shape index (κ2) is 5.02. The second-order valence-corrected chi connectivity index (χ2v) is 3.03. The minimum Gasteiger partial charge on any atom is -0.493 e. The van der Waals surface area contributed by atoms with E-state index in [0.717, 1.165) is 19.2 Å². The Morgan fingerprint density at radius 1 is 1.40 bits per heavy atom. The summed E-state index contributed by atoms with van der Waals surface area (Å²) in [6.07, 6.45) is -1.40. The summed E-state index contributed by atoms with van der Waals surface area (Å²) < 4.78 is 44.0. The molecule has 0 bridgehead atoms. The molecule has 0 aliphatic rings. The van der Waals surface area contributed by atoms with Crippen LogP contribution in [0.2, 0.25) is 0 Å². The predicted octanol–water partition coefficient (Wildman–Crippen LogP) is 2.33. The molecule has 0 aliphatic heterocycles. The lowest BCUT2D eigenvalue weighted by molar-refractivity contribution is 0.301. The van der Waals surface area contributed by atoms with Gasteiger partial charge in [-0.3, -0.25) is 0 Å². The van der Waals surface area contributed by atoms with E-state index < -0.39 is 23.6 Å². The molecule has 2 nitrogen and oxygen atoms in total. The summed E-state index contributed by atoms with van der Waals surface area (Å²) >= 11 is 0. The fraction of sp³-hybridized carbons (Fsp3) is 0.400. The minimum atomic E-state index is -1.44.